The summed E-state index contributed by atoms with van der Waals surface area (Å²) in [5.41, 5.74) is 5.04. The zero-order chi connectivity index (χ0) is 14.0. The molecule has 3 nitrogen and oxygen atoms in total. The van der Waals surface area contributed by atoms with Crippen molar-refractivity contribution in [2.45, 2.75) is 25.7 Å². The number of aliphatic carboxylic acids is 1. The van der Waals surface area contributed by atoms with E-state index in [1.807, 2.05) is 0 Å². The zero-order valence-corrected chi connectivity index (χ0v) is 10.5. The molecule has 104 valence electrons. The molecule has 1 aliphatic rings. The van der Waals surface area contributed by atoms with Crippen LogP contribution in [0.25, 0.3) is 0 Å². The van der Waals surface area contributed by atoms with Crippen LogP contribution in [0.4, 0.5) is 8.78 Å². The Bertz CT molecular complexity index is 488. The summed E-state index contributed by atoms with van der Waals surface area (Å²) in [6.07, 6.45) is 2.67. The Balaban J connectivity index is 2.22. The first kappa shape index (κ1) is 13.9. The summed E-state index contributed by atoms with van der Waals surface area (Å²) in [7, 11) is 0. The van der Waals surface area contributed by atoms with E-state index in [-0.39, 0.29) is 13.0 Å². The first-order chi connectivity index (χ1) is 8.97. The minimum absolute atomic E-state index is 0.00215. The number of carbonyl (C=O) groups is 1. The van der Waals surface area contributed by atoms with Crippen LogP contribution in [0, 0.1) is 23.0 Å². The summed E-state index contributed by atoms with van der Waals surface area (Å²) >= 11 is 0. The lowest BCUT2D eigenvalue weighted by Gasteiger charge is -2.28. The Morgan fingerprint density at radius 3 is 2.53 bits per heavy atom. The van der Waals surface area contributed by atoms with Gasteiger partial charge in [0.05, 0.1) is 5.41 Å². The van der Waals surface area contributed by atoms with E-state index in [2.05, 4.69) is 0 Å². The molecule has 1 atom stereocenters. The third kappa shape index (κ3) is 3.10. The van der Waals surface area contributed by atoms with Crippen LogP contribution in [0.5, 0.6) is 0 Å². The fraction of sp³-hybridized carbons (Fsp3) is 0.500. The van der Waals surface area contributed by atoms with Crippen LogP contribution < -0.4 is 5.73 Å². The number of rotatable bonds is 6. The molecule has 0 heterocycles. The second kappa shape index (κ2) is 5.25. The van der Waals surface area contributed by atoms with Crippen LogP contribution in [-0.2, 0) is 11.2 Å². The Morgan fingerprint density at radius 2 is 2.05 bits per heavy atom. The second-order valence-corrected chi connectivity index (χ2v) is 5.36. The van der Waals surface area contributed by atoms with Gasteiger partial charge in [-0.2, -0.15) is 0 Å². The lowest BCUT2D eigenvalue weighted by atomic mass is 9.77. The average Bonchev–Trinajstić information content (AvgIpc) is 3.16. The fourth-order valence-electron chi connectivity index (χ4n) is 2.39. The van der Waals surface area contributed by atoms with Gasteiger partial charge in [-0.3, -0.25) is 4.79 Å². The van der Waals surface area contributed by atoms with Crippen LogP contribution in [-0.4, -0.2) is 17.6 Å². The highest BCUT2D eigenvalue weighted by molar-refractivity contribution is 5.75. The number of hydrogen-bond acceptors (Lipinski definition) is 2. The maximum Gasteiger partial charge on any atom is 0.311 e. The Hall–Kier alpha value is -1.49. The van der Waals surface area contributed by atoms with Crippen molar-refractivity contribution < 1.29 is 18.7 Å². The molecular weight excluding hydrogens is 252 g/mol. The van der Waals surface area contributed by atoms with E-state index in [0.29, 0.717) is 17.9 Å². The van der Waals surface area contributed by atoms with Crippen LogP contribution in [0.15, 0.2) is 18.2 Å². The van der Waals surface area contributed by atoms with Gasteiger partial charge in [0.1, 0.15) is 0 Å². The highest BCUT2D eigenvalue weighted by Gasteiger charge is 2.42. The van der Waals surface area contributed by atoms with Crippen molar-refractivity contribution in [1.82, 2.24) is 0 Å². The number of benzene rings is 1. The number of halogens is 2. The van der Waals surface area contributed by atoms with Gasteiger partial charge >= 0.3 is 5.97 Å². The molecule has 1 unspecified atom stereocenters. The summed E-state index contributed by atoms with van der Waals surface area (Å²) in [4.78, 5) is 11.5. The molecule has 1 aromatic carbocycles. The second-order valence-electron chi connectivity index (χ2n) is 5.36. The smallest absolute Gasteiger partial charge is 0.311 e. The van der Waals surface area contributed by atoms with Crippen molar-refractivity contribution in [2.75, 3.05) is 6.54 Å². The number of carboxylic acid groups (broad SMARTS) is 1. The zero-order valence-electron chi connectivity index (χ0n) is 10.5. The van der Waals surface area contributed by atoms with Crippen molar-refractivity contribution in [3.63, 3.8) is 0 Å². The molecular formula is C14H17F2NO2. The Kier molecular flexibility index (Phi) is 3.85. The summed E-state index contributed by atoms with van der Waals surface area (Å²) in [6.45, 7) is -0.00215. The minimum Gasteiger partial charge on any atom is -0.481 e. The van der Waals surface area contributed by atoms with Crippen molar-refractivity contribution >= 4 is 5.97 Å². The molecule has 3 N–H and O–H groups in total. The Morgan fingerprint density at radius 1 is 1.37 bits per heavy atom. The van der Waals surface area contributed by atoms with Gasteiger partial charge in [-0.1, -0.05) is 18.9 Å². The molecule has 1 aliphatic carbocycles. The SMILES string of the molecule is NCC(Cc1ccc(F)c(F)c1)(CC1CC1)C(=O)O. The van der Waals surface area contributed by atoms with Gasteiger partial charge in [0.15, 0.2) is 11.6 Å². The fourth-order valence-corrected chi connectivity index (χ4v) is 2.39. The van der Waals surface area contributed by atoms with Gasteiger partial charge < -0.3 is 10.8 Å². The first-order valence-electron chi connectivity index (χ1n) is 6.34. The molecule has 0 amide bonds. The lowest BCUT2D eigenvalue weighted by Crippen LogP contribution is -2.41. The maximum atomic E-state index is 13.2. The van der Waals surface area contributed by atoms with Crippen molar-refractivity contribution in [2.24, 2.45) is 17.1 Å². The first-order valence-corrected chi connectivity index (χ1v) is 6.34. The standard InChI is InChI=1S/C14H17F2NO2/c15-11-4-3-10(5-12(11)16)7-14(8-17,13(18)19)6-9-1-2-9/h3-5,9H,1-2,6-8,17H2,(H,18,19). The summed E-state index contributed by atoms with van der Waals surface area (Å²) in [5, 5.41) is 9.44. The van der Waals surface area contributed by atoms with Gasteiger partial charge in [0.25, 0.3) is 0 Å². The molecule has 1 aromatic rings. The van der Waals surface area contributed by atoms with Crippen molar-refractivity contribution in [3.8, 4) is 0 Å². The normalized spacial score (nSPS) is 18.1. The molecule has 0 bridgehead atoms. The monoisotopic (exact) mass is 269 g/mol. The number of carboxylic acids is 1. The quantitative estimate of drug-likeness (QED) is 0.833. The van der Waals surface area contributed by atoms with E-state index >= 15 is 0 Å². The van der Waals surface area contributed by atoms with E-state index in [4.69, 9.17) is 5.73 Å². The van der Waals surface area contributed by atoms with Gasteiger partial charge in [0.2, 0.25) is 0 Å². The molecule has 0 aliphatic heterocycles. The summed E-state index contributed by atoms with van der Waals surface area (Å²) < 4.78 is 26.1. The molecule has 1 saturated carbocycles. The molecule has 1 fully saturated rings. The highest BCUT2D eigenvalue weighted by atomic mass is 19.2. The van der Waals surface area contributed by atoms with E-state index in [1.54, 1.807) is 0 Å². The van der Waals surface area contributed by atoms with Crippen LogP contribution in [0.1, 0.15) is 24.8 Å². The van der Waals surface area contributed by atoms with Crippen molar-refractivity contribution in [1.29, 1.82) is 0 Å². The van der Waals surface area contributed by atoms with E-state index < -0.39 is 23.0 Å². The largest absolute Gasteiger partial charge is 0.481 e. The van der Waals surface area contributed by atoms with Gasteiger partial charge in [-0.15, -0.1) is 0 Å². The third-order valence-corrected chi connectivity index (χ3v) is 3.75. The molecule has 0 saturated heterocycles. The third-order valence-electron chi connectivity index (χ3n) is 3.75. The lowest BCUT2D eigenvalue weighted by molar-refractivity contribution is -0.149. The predicted molar refractivity (Wildman–Crippen MR) is 66.5 cm³/mol. The molecule has 19 heavy (non-hydrogen) atoms. The molecule has 5 heteroatoms. The minimum atomic E-state index is -1.08. The number of nitrogens with two attached hydrogens (primary N) is 1. The van der Waals surface area contributed by atoms with Crippen LogP contribution >= 0.6 is 0 Å². The van der Waals surface area contributed by atoms with E-state index in [0.717, 1.165) is 25.0 Å². The highest BCUT2D eigenvalue weighted by Crippen LogP contribution is 2.42. The Labute approximate surface area is 110 Å². The summed E-state index contributed by atoms with van der Waals surface area (Å²) in [6, 6.07) is 3.49. The molecule has 0 aromatic heterocycles. The molecule has 2 rings (SSSR count). The molecule has 0 radical (unpaired) electrons. The van der Waals surface area contributed by atoms with Gasteiger partial charge in [-0.05, 0) is 36.5 Å². The molecule has 0 spiro atoms. The van der Waals surface area contributed by atoms with Crippen LogP contribution in [0.2, 0.25) is 0 Å². The van der Waals surface area contributed by atoms with Crippen LogP contribution in [0.3, 0.4) is 0 Å². The van der Waals surface area contributed by atoms with Gasteiger partial charge in [0, 0.05) is 6.54 Å². The topological polar surface area (TPSA) is 63.3 Å². The van der Waals surface area contributed by atoms with Gasteiger partial charge in [-0.25, -0.2) is 8.78 Å². The van der Waals surface area contributed by atoms with Crippen molar-refractivity contribution in [3.05, 3.63) is 35.4 Å². The summed E-state index contributed by atoms with van der Waals surface area (Å²) in [5.74, 6) is -2.46. The van der Waals surface area contributed by atoms with E-state index in [1.165, 1.54) is 6.07 Å². The number of hydrogen-bond donors (Lipinski definition) is 2. The van der Waals surface area contributed by atoms with E-state index in [9.17, 15) is 18.7 Å². The predicted octanol–water partition coefficient (Wildman–Crippen LogP) is 2.34. The maximum absolute atomic E-state index is 13.2. The average molecular weight is 269 g/mol.